The molecule has 86 valence electrons. The van der Waals surface area contributed by atoms with Gasteiger partial charge in [0.15, 0.2) is 0 Å². The second-order valence-corrected chi connectivity index (χ2v) is 5.05. The Labute approximate surface area is 96.7 Å². The molecule has 0 aliphatic carbocycles. The lowest BCUT2D eigenvalue weighted by Gasteiger charge is -2.35. The van der Waals surface area contributed by atoms with Crippen LogP contribution in [0, 0.1) is 0 Å². The summed E-state index contributed by atoms with van der Waals surface area (Å²) in [7, 11) is 0. The van der Waals surface area contributed by atoms with E-state index in [1.165, 1.54) is 31.3 Å². The quantitative estimate of drug-likeness (QED) is 0.723. The van der Waals surface area contributed by atoms with E-state index < -0.39 is 0 Å². The number of nitrogens with zero attached hydrogens (tertiary/aromatic N) is 3. The van der Waals surface area contributed by atoms with Gasteiger partial charge in [-0.3, -0.25) is 9.58 Å². The van der Waals surface area contributed by atoms with E-state index in [-0.39, 0.29) is 0 Å². The molecule has 2 fully saturated rings. The zero-order valence-corrected chi connectivity index (χ0v) is 9.68. The van der Waals surface area contributed by atoms with Crippen molar-refractivity contribution in [1.82, 2.24) is 14.7 Å². The molecule has 2 aliphatic heterocycles. The average Bonchev–Trinajstić information content (AvgIpc) is 2.83. The maximum Gasteiger partial charge on any atom is 0.0536 e. The monoisotopic (exact) mass is 217 g/mol. The van der Waals surface area contributed by atoms with Crippen LogP contribution in [-0.2, 0) is 6.54 Å². The zero-order valence-electron chi connectivity index (χ0n) is 9.68. The molecule has 1 aromatic rings. The third kappa shape index (κ3) is 1.80. The van der Waals surface area contributed by atoms with Gasteiger partial charge in [-0.25, -0.2) is 0 Å². The van der Waals surface area contributed by atoms with Crippen molar-refractivity contribution in [2.24, 2.45) is 0 Å². The van der Waals surface area contributed by atoms with Crippen molar-refractivity contribution >= 4 is 0 Å². The summed E-state index contributed by atoms with van der Waals surface area (Å²) in [4.78, 5) is 2.68. The summed E-state index contributed by atoms with van der Waals surface area (Å²) in [6.45, 7) is 6.32. The molecule has 0 radical (unpaired) electrons. The van der Waals surface area contributed by atoms with Crippen LogP contribution < -0.4 is 0 Å². The van der Waals surface area contributed by atoms with Crippen LogP contribution in [0.1, 0.15) is 25.7 Å². The lowest BCUT2D eigenvalue weighted by atomic mass is 9.98. The summed E-state index contributed by atoms with van der Waals surface area (Å²) >= 11 is 0. The van der Waals surface area contributed by atoms with E-state index >= 15 is 0 Å². The van der Waals surface area contributed by atoms with Gasteiger partial charge in [-0.15, -0.1) is 0 Å². The van der Waals surface area contributed by atoms with E-state index in [2.05, 4.69) is 16.6 Å². The Morgan fingerprint density at radius 3 is 2.62 bits per heavy atom. The number of hydrogen-bond acceptors (Lipinski definition) is 2. The van der Waals surface area contributed by atoms with Gasteiger partial charge in [-0.05, 0) is 31.7 Å². The second kappa shape index (κ2) is 4.06. The highest BCUT2D eigenvalue weighted by molar-refractivity contribution is 5.10. The molecule has 2 bridgehead atoms. The molecule has 0 amide bonds. The zero-order chi connectivity index (χ0) is 11.0. The minimum Gasteiger partial charge on any atom is -0.295 e. The van der Waals surface area contributed by atoms with Gasteiger partial charge in [0.25, 0.3) is 0 Å². The van der Waals surface area contributed by atoms with Crippen molar-refractivity contribution in [2.45, 2.75) is 44.3 Å². The summed E-state index contributed by atoms with van der Waals surface area (Å²) in [5.74, 6) is 0. The first kappa shape index (κ1) is 10.1. The highest BCUT2D eigenvalue weighted by Crippen LogP contribution is 2.37. The van der Waals surface area contributed by atoms with Crippen molar-refractivity contribution in [3.63, 3.8) is 0 Å². The van der Waals surface area contributed by atoms with E-state index in [9.17, 15) is 0 Å². The van der Waals surface area contributed by atoms with Gasteiger partial charge in [0.2, 0.25) is 0 Å². The minimum absolute atomic E-state index is 0.766. The van der Waals surface area contributed by atoms with Crippen LogP contribution in [0.5, 0.6) is 0 Å². The molecule has 0 aromatic carbocycles. The van der Waals surface area contributed by atoms with Crippen molar-refractivity contribution in [1.29, 1.82) is 0 Å². The normalized spacial score (nSPS) is 29.9. The Kier molecular flexibility index (Phi) is 2.56. The Morgan fingerprint density at radius 2 is 2.00 bits per heavy atom. The van der Waals surface area contributed by atoms with Gasteiger partial charge >= 0.3 is 0 Å². The molecule has 3 nitrogen and oxygen atoms in total. The SMILES string of the molecule is C=C1CC2CCC(C1)N2CCn1cccn1. The number of aromatic nitrogens is 2. The fourth-order valence-corrected chi connectivity index (χ4v) is 3.22. The lowest BCUT2D eigenvalue weighted by Crippen LogP contribution is -2.42. The molecule has 1 aromatic heterocycles. The smallest absolute Gasteiger partial charge is 0.0536 e. The highest BCUT2D eigenvalue weighted by Gasteiger charge is 2.37. The van der Waals surface area contributed by atoms with E-state index in [4.69, 9.17) is 0 Å². The molecule has 2 saturated heterocycles. The second-order valence-electron chi connectivity index (χ2n) is 5.05. The van der Waals surface area contributed by atoms with Crippen LogP contribution in [0.4, 0.5) is 0 Å². The molecule has 0 saturated carbocycles. The standard InChI is InChI=1S/C13H19N3/c1-11-9-12-3-4-13(10-11)16(12)8-7-15-6-2-5-14-15/h2,5-6,12-13H,1,3-4,7-10H2. The molecular weight excluding hydrogens is 198 g/mol. The molecule has 0 N–H and O–H groups in total. The first-order valence-corrected chi connectivity index (χ1v) is 6.23. The maximum absolute atomic E-state index is 4.26. The summed E-state index contributed by atoms with van der Waals surface area (Å²) in [6.07, 6.45) is 9.06. The van der Waals surface area contributed by atoms with Crippen LogP contribution in [0.3, 0.4) is 0 Å². The van der Waals surface area contributed by atoms with Crippen LogP contribution >= 0.6 is 0 Å². The predicted octanol–water partition coefficient (Wildman–Crippen LogP) is 2.07. The highest BCUT2D eigenvalue weighted by atomic mass is 15.3. The summed E-state index contributed by atoms with van der Waals surface area (Å²) in [6, 6.07) is 3.52. The number of fused-ring (bicyclic) bond motifs is 2. The third-order valence-corrected chi connectivity index (χ3v) is 3.97. The molecule has 2 unspecified atom stereocenters. The summed E-state index contributed by atoms with van der Waals surface area (Å²) in [5.41, 5.74) is 1.46. The molecule has 3 heterocycles. The van der Waals surface area contributed by atoms with Gasteiger partial charge in [0.1, 0.15) is 0 Å². The Bertz CT molecular complexity index is 353. The van der Waals surface area contributed by atoms with E-state index in [0.29, 0.717) is 0 Å². The van der Waals surface area contributed by atoms with E-state index in [1.807, 2.05) is 23.1 Å². The van der Waals surface area contributed by atoms with Crippen molar-refractivity contribution in [3.05, 3.63) is 30.6 Å². The van der Waals surface area contributed by atoms with Crippen LogP contribution in [0.2, 0.25) is 0 Å². The number of hydrogen-bond donors (Lipinski definition) is 0. The van der Waals surface area contributed by atoms with Crippen LogP contribution in [-0.4, -0.2) is 33.3 Å². The lowest BCUT2D eigenvalue weighted by molar-refractivity contribution is 0.158. The number of piperidine rings is 1. The maximum atomic E-state index is 4.26. The molecule has 2 atom stereocenters. The van der Waals surface area contributed by atoms with Gasteiger partial charge in [0.05, 0.1) is 6.54 Å². The Hall–Kier alpha value is -1.09. The average molecular weight is 217 g/mol. The van der Waals surface area contributed by atoms with Gasteiger partial charge in [-0.1, -0.05) is 12.2 Å². The topological polar surface area (TPSA) is 21.1 Å². The first-order valence-electron chi connectivity index (χ1n) is 6.23. The largest absolute Gasteiger partial charge is 0.295 e. The van der Waals surface area contributed by atoms with Crippen molar-refractivity contribution in [3.8, 4) is 0 Å². The van der Waals surface area contributed by atoms with Gasteiger partial charge < -0.3 is 0 Å². The van der Waals surface area contributed by atoms with Gasteiger partial charge in [0, 0.05) is 31.0 Å². The summed E-state index contributed by atoms with van der Waals surface area (Å²) < 4.78 is 2.03. The minimum atomic E-state index is 0.766. The fraction of sp³-hybridized carbons (Fsp3) is 0.615. The predicted molar refractivity (Wildman–Crippen MR) is 64.1 cm³/mol. The molecule has 3 rings (SSSR count). The molecule has 16 heavy (non-hydrogen) atoms. The van der Waals surface area contributed by atoms with Gasteiger partial charge in [-0.2, -0.15) is 5.10 Å². The van der Waals surface area contributed by atoms with Crippen LogP contribution in [0.15, 0.2) is 30.6 Å². The molecule has 0 spiro atoms. The van der Waals surface area contributed by atoms with E-state index in [1.54, 1.807) is 0 Å². The van der Waals surface area contributed by atoms with Crippen LogP contribution in [0.25, 0.3) is 0 Å². The molecular formula is C13H19N3. The number of rotatable bonds is 3. The fourth-order valence-electron chi connectivity index (χ4n) is 3.22. The molecule has 2 aliphatic rings. The van der Waals surface area contributed by atoms with E-state index in [0.717, 1.165) is 25.2 Å². The third-order valence-electron chi connectivity index (χ3n) is 3.97. The van der Waals surface area contributed by atoms with Crippen molar-refractivity contribution < 1.29 is 0 Å². The first-order chi connectivity index (χ1) is 7.83. The summed E-state index contributed by atoms with van der Waals surface area (Å²) in [5, 5.41) is 4.26. The Morgan fingerprint density at radius 1 is 1.25 bits per heavy atom. The molecule has 3 heteroatoms. The Balaban J connectivity index is 1.61. The van der Waals surface area contributed by atoms with Crippen molar-refractivity contribution in [2.75, 3.05) is 6.54 Å².